The first-order valence-electron chi connectivity index (χ1n) is 6.02. The van der Waals surface area contributed by atoms with Crippen LogP contribution >= 0.6 is 0 Å². The van der Waals surface area contributed by atoms with Gasteiger partial charge in [0, 0.05) is 0 Å². The third-order valence-electron chi connectivity index (χ3n) is 2.88. The van der Waals surface area contributed by atoms with Gasteiger partial charge < -0.3 is 0 Å². The zero-order valence-electron chi connectivity index (χ0n) is 9.50. The van der Waals surface area contributed by atoms with E-state index in [1.54, 1.807) is 5.56 Å². The average molecular weight is 190 g/mol. The van der Waals surface area contributed by atoms with Gasteiger partial charge in [-0.25, -0.2) is 0 Å². The lowest BCUT2D eigenvalue weighted by atomic mass is 9.84. The van der Waals surface area contributed by atoms with Gasteiger partial charge in [0.15, 0.2) is 0 Å². The summed E-state index contributed by atoms with van der Waals surface area (Å²) < 4.78 is 0. The number of hydrogen-bond donors (Lipinski definition) is 0. The Morgan fingerprint density at radius 2 is 1.43 bits per heavy atom. The molecular weight excluding hydrogens is 168 g/mol. The quantitative estimate of drug-likeness (QED) is 0.599. The average Bonchev–Trinajstić information content (AvgIpc) is 2.34. The molecule has 0 atom stereocenters. The summed E-state index contributed by atoms with van der Waals surface area (Å²) in [6, 6.07) is 11.0. The number of rotatable bonds is 1. The van der Waals surface area contributed by atoms with Crippen molar-refractivity contribution < 1.29 is 0 Å². The van der Waals surface area contributed by atoms with Gasteiger partial charge in [0.2, 0.25) is 0 Å². The maximum Gasteiger partial charge on any atom is -0.0162 e. The van der Waals surface area contributed by atoms with Crippen LogP contribution in [0.2, 0.25) is 0 Å². The van der Waals surface area contributed by atoms with Crippen molar-refractivity contribution in [3.8, 4) is 0 Å². The lowest BCUT2D eigenvalue weighted by Crippen LogP contribution is -2.03. The van der Waals surface area contributed by atoms with E-state index in [0.717, 1.165) is 5.92 Å². The molecule has 1 fully saturated rings. The molecule has 1 aliphatic rings. The molecule has 78 valence electrons. The molecule has 0 aliphatic heterocycles. The van der Waals surface area contributed by atoms with Crippen molar-refractivity contribution in [2.75, 3.05) is 0 Å². The molecule has 14 heavy (non-hydrogen) atoms. The predicted molar refractivity (Wildman–Crippen MR) is 63.6 cm³/mol. The van der Waals surface area contributed by atoms with E-state index < -0.39 is 0 Å². The molecule has 1 aromatic rings. The van der Waals surface area contributed by atoms with Crippen LogP contribution in [0.4, 0.5) is 0 Å². The SMILES string of the molecule is CC.c1ccc(C2CCCCC2)cc1. The highest BCUT2D eigenvalue weighted by molar-refractivity contribution is 5.19. The van der Waals surface area contributed by atoms with Crippen molar-refractivity contribution in [1.82, 2.24) is 0 Å². The highest BCUT2D eigenvalue weighted by Crippen LogP contribution is 2.31. The molecule has 0 aromatic heterocycles. The standard InChI is InChI=1S/C12H16.C2H6/c1-3-7-11(8-4-1)12-9-5-2-6-10-12;1-2/h1,3-4,7-8,12H,2,5-6,9-10H2;1-2H3. The van der Waals surface area contributed by atoms with E-state index in [9.17, 15) is 0 Å². The van der Waals surface area contributed by atoms with Gasteiger partial charge in [-0.05, 0) is 24.3 Å². The zero-order valence-corrected chi connectivity index (χ0v) is 9.50. The van der Waals surface area contributed by atoms with Crippen LogP contribution in [0.25, 0.3) is 0 Å². The molecule has 0 heterocycles. The molecule has 0 bridgehead atoms. The van der Waals surface area contributed by atoms with Gasteiger partial charge in [0.25, 0.3) is 0 Å². The minimum Gasteiger partial charge on any atom is -0.0683 e. The second kappa shape index (κ2) is 6.64. The van der Waals surface area contributed by atoms with Gasteiger partial charge in [0.1, 0.15) is 0 Å². The maximum absolute atomic E-state index is 2.27. The lowest BCUT2D eigenvalue weighted by molar-refractivity contribution is 0.443. The van der Waals surface area contributed by atoms with Gasteiger partial charge in [-0.15, -0.1) is 0 Å². The van der Waals surface area contributed by atoms with E-state index in [1.807, 2.05) is 13.8 Å². The van der Waals surface area contributed by atoms with Crippen LogP contribution in [-0.2, 0) is 0 Å². The zero-order chi connectivity index (χ0) is 10.2. The van der Waals surface area contributed by atoms with Crippen LogP contribution in [0.5, 0.6) is 0 Å². The van der Waals surface area contributed by atoms with Gasteiger partial charge in [-0.1, -0.05) is 63.4 Å². The van der Waals surface area contributed by atoms with Crippen LogP contribution in [0.15, 0.2) is 30.3 Å². The maximum atomic E-state index is 2.27. The second-order valence-electron chi connectivity index (χ2n) is 3.75. The van der Waals surface area contributed by atoms with E-state index in [4.69, 9.17) is 0 Å². The summed E-state index contributed by atoms with van der Waals surface area (Å²) in [5, 5.41) is 0. The first-order chi connectivity index (χ1) is 6.97. The van der Waals surface area contributed by atoms with Gasteiger partial charge in [-0.2, -0.15) is 0 Å². The summed E-state index contributed by atoms with van der Waals surface area (Å²) in [7, 11) is 0. The Labute approximate surface area is 88.4 Å². The Bertz CT molecular complexity index is 219. The molecule has 0 heteroatoms. The normalized spacial score (nSPS) is 17.0. The van der Waals surface area contributed by atoms with Crippen LogP contribution < -0.4 is 0 Å². The van der Waals surface area contributed by atoms with Gasteiger partial charge >= 0.3 is 0 Å². The molecule has 1 aliphatic carbocycles. The molecule has 0 unspecified atom stereocenters. The topological polar surface area (TPSA) is 0 Å². The summed E-state index contributed by atoms with van der Waals surface area (Å²) in [6.07, 6.45) is 7.12. The second-order valence-corrected chi connectivity index (χ2v) is 3.75. The monoisotopic (exact) mass is 190 g/mol. The lowest BCUT2D eigenvalue weighted by Gasteiger charge is -2.21. The largest absolute Gasteiger partial charge is 0.0683 e. The van der Waals surface area contributed by atoms with Crippen LogP contribution in [-0.4, -0.2) is 0 Å². The third-order valence-corrected chi connectivity index (χ3v) is 2.88. The molecule has 0 saturated heterocycles. The minimum absolute atomic E-state index is 0.861. The minimum atomic E-state index is 0.861. The fourth-order valence-corrected chi connectivity index (χ4v) is 2.16. The molecule has 0 spiro atoms. The van der Waals surface area contributed by atoms with E-state index in [0.29, 0.717) is 0 Å². The van der Waals surface area contributed by atoms with Crippen LogP contribution in [0, 0.1) is 0 Å². The molecule has 1 saturated carbocycles. The smallest absolute Gasteiger partial charge is 0.0162 e. The molecule has 0 N–H and O–H groups in total. The van der Waals surface area contributed by atoms with Crippen molar-refractivity contribution in [1.29, 1.82) is 0 Å². The van der Waals surface area contributed by atoms with Gasteiger partial charge in [-0.3, -0.25) is 0 Å². The molecule has 2 rings (SSSR count). The Hall–Kier alpha value is -0.780. The van der Waals surface area contributed by atoms with E-state index in [2.05, 4.69) is 30.3 Å². The van der Waals surface area contributed by atoms with Gasteiger partial charge in [0.05, 0.1) is 0 Å². The Morgan fingerprint density at radius 1 is 0.857 bits per heavy atom. The molecule has 1 aromatic carbocycles. The Balaban J connectivity index is 0.000000461. The van der Waals surface area contributed by atoms with Crippen molar-refractivity contribution in [3.05, 3.63) is 35.9 Å². The van der Waals surface area contributed by atoms with Crippen LogP contribution in [0.1, 0.15) is 57.4 Å². The summed E-state index contributed by atoms with van der Waals surface area (Å²) >= 11 is 0. The first kappa shape index (κ1) is 11.3. The van der Waals surface area contributed by atoms with E-state index >= 15 is 0 Å². The van der Waals surface area contributed by atoms with E-state index in [-0.39, 0.29) is 0 Å². The van der Waals surface area contributed by atoms with Crippen molar-refractivity contribution in [2.45, 2.75) is 51.9 Å². The molecule has 0 nitrogen and oxygen atoms in total. The highest BCUT2D eigenvalue weighted by atomic mass is 14.2. The summed E-state index contributed by atoms with van der Waals surface area (Å²) in [5.74, 6) is 0.861. The fourth-order valence-electron chi connectivity index (χ4n) is 2.16. The summed E-state index contributed by atoms with van der Waals surface area (Å²) in [4.78, 5) is 0. The third kappa shape index (κ3) is 3.17. The predicted octanol–water partition coefficient (Wildman–Crippen LogP) is 4.76. The molecule has 0 amide bonds. The Kier molecular flexibility index (Phi) is 5.36. The molecule has 0 radical (unpaired) electrons. The summed E-state index contributed by atoms with van der Waals surface area (Å²) in [6.45, 7) is 4.00. The van der Waals surface area contributed by atoms with Crippen molar-refractivity contribution in [2.24, 2.45) is 0 Å². The highest BCUT2D eigenvalue weighted by Gasteiger charge is 2.14. The number of hydrogen-bond acceptors (Lipinski definition) is 0. The first-order valence-corrected chi connectivity index (χ1v) is 6.02. The summed E-state index contributed by atoms with van der Waals surface area (Å²) in [5.41, 5.74) is 1.55. The van der Waals surface area contributed by atoms with Crippen LogP contribution in [0.3, 0.4) is 0 Å². The molecular formula is C14H22. The number of benzene rings is 1. The van der Waals surface area contributed by atoms with Crippen molar-refractivity contribution in [3.63, 3.8) is 0 Å². The van der Waals surface area contributed by atoms with Crippen molar-refractivity contribution >= 4 is 0 Å². The fraction of sp³-hybridized carbons (Fsp3) is 0.571. The van der Waals surface area contributed by atoms with E-state index in [1.165, 1.54) is 32.1 Å². The Morgan fingerprint density at radius 3 is 2.00 bits per heavy atom.